The minimum Gasteiger partial charge on any atom is -0.303 e. The molecule has 12 heavy (non-hydrogen) atoms. The van der Waals surface area contributed by atoms with Gasteiger partial charge < -0.3 is 4.79 Å². The Balaban J connectivity index is 2.99. The Morgan fingerprint density at radius 3 is 2.50 bits per heavy atom. The number of aldehydes is 1. The number of hydrogen-bond acceptors (Lipinski definition) is 1. The molecule has 0 aromatic heterocycles. The maximum atomic E-state index is 10.3. The Morgan fingerprint density at radius 1 is 1.25 bits per heavy atom. The molecule has 0 aliphatic carbocycles. The number of rotatable bonds is 8. The van der Waals surface area contributed by atoms with Crippen LogP contribution in [0.3, 0.4) is 0 Å². The third-order valence-electron chi connectivity index (χ3n) is 2.05. The van der Waals surface area contributed by atoms with Crippen molar-refractivity contribution >= 4 is 6.29 Å². The van der Waals surface area contributed by atoms with Gasteiger partial charge in [0.1, 0.15) is 6.29 Å². The fourth-order valence-electron chi connectivity index (χ4n) is 1.18. The highest BCUT2D eigenvalue weighted by Gasteiger charge is 1.97. The van der Waals surface area contributed by atoms with Gasteiger partial charge >= 0.3 is 0 Å². The summed E-state index contributed by atoms with van der Waals surface area (Å²) in [7, 11) is 0. The van der Waals surface area contributed by atoms with Gasteiger partial charge in [0.05, 0.1) is 0 Å². The molecule has 0 rings (SSSR count). The zero-order valence-electron chi connectivity index (χ0n) is 8.09. The topological polar surface area (TPSA) is 17.1 Å². The largest absolute Gasteiger partial charge is 0.303 e. The Labute approximate surface area is 75.9 Å². The van der Waals surface area contributed by atoms with Gasteiger partial charge in [0.25, 0.3) is 0 Å². The highest BCUT2D eigenvalue weighted by Crippen LogP contribution is 2.09. The summed E-state index contributed by atoms with van der Waals surface area (Å²) in [6.07, 6.45) is 10.2. The third kappa shape index (κ3) is 7.52. The molecule has 1 nitrogen and oxygen atoms in total. The molecule has 0 fully saturated rings. The van der Waals surface area contributed by atoms with E-state index in [1.165, 1.54) is 25.7 Å². The Morgan fingerprint density at radius 2 is 1.92 bits per heavy atom. The van der Waals surface area contributed by atoms with Gasteiger partial charge in [0, 0.05) is 5.92 Å². The first-order valence-electron chi connectivity index (χ1n) is 4.87. The Kier molecular flexibility index (Phi) is 8.09. The molecule has 1 heteroatoms. The molecule has 0 aliphatic heterocycles. The van der Waals surface area contributed by atoms with Gasteiger partial charge in [-0.05, 0) is 19.3 Å². The van der Waals surface area contributed by atoms with Crippen molar-refractivity contribution in [2.45, 2.75) is 45.4 Å². The van der Waals surface area contributed by atoms with Crippen molar-refractivity contribution in [2.75, 3.05) is 0 Å². The molecule has 1 atom stereocenters. The summed E-state index contributed by atoms with van der Waals surface area (Å²) in [6, 6.07) is 0. The van der Waals surface area contributed by atoms with Crippen LogP contribution < -0.4 is 0 Å². The van der Waals surface area contributed by atoms with Crippen LogP contribution in [0.2, 0.25) is 0 Å². The minimum atomic E-state index is 0.254. The molecule has 0 saturated heterocycles. The SMILES string of the molecule is C=CCCCCCC[C@@H](C)C=O. The minimum absolute atomic E-state index is 0.254. The molecular weight excluding hydrogens is 148 g/mol. The Hall–Kier alpha value is -0.590. The second kappa shape index (κ2) is 8.51. The van der Waals surface area contributed by atoms with Crippen molar-refractivity contribution in [3.63, 3.8) is 0 Å². The lowest BCUT2D eigenvalue weighted by molar-refractivity contribution is -0.110. The van der Waals surface area contributed by atoms with Crippen molar-refractivity contribution in [3.05, 3.63) is 12.7 Å². The van der Waals surface area contributed by atoms with Crippen molar-refractivity contribution in [3.8, 4) is 0 Å². The molecule has 0 spiro atoms. The van der Waals surface area contributed by atoms with Gasteiger partial charge in [-0.1, -0.05) is 32.3 Å². The van der Waals surface area contributed by atoms with Crippen LogP contribution in [0, 0.1) is 5.92 Å². The average molecular weight is 168 g/mol. The van der Waals surface area contributed by atoms with Crippen LogP contribution in [0.4, 0.5) is 0 Å². The van der Waals surface area contributed by atoms with E-state index in [1.54, 1.807) is 0 Å². The standard InChI is InChI=1S/C11H20O/c1-3-4-5-6-7-8-9-11(2)10-12/h3,10-11H,1,4-9H2,2H3/t11-/m1/s1. The first-order chi connectivity index (χ1) is 5.81. The fraction of sp³-hybridized carbons (Fsp3) is 0.727. The molecule has 0 amide bonds. The maximum absolute atomic E-state index is 10.3. The fourth-order valence-corrected chi connectivity index (χ4v) is 1.18. The van der Waals surface area contributed by atoms with E-state index in [9.17, 15) is 4.79 Å². The van der Waals surface area contributed by atoms with Crippen molar-refractivity contribution in [2.24, 2.45) is 5.92 Å². The lowest BCUT2D eigenvalue weighted by Crippen LogP contribution is -1.94. The molecular formula is C11H20O. The van der Waals surface area contributed by atoms with Crippen LogP contribution in [0.15, 0.2) is 12.7 Å². The number of carbonyl (C=O) groups excluding carboxylic acids is 1. The van der Waals surface area contributed by atoms with E-state index in [2.05, 4.69) is 6.58 Å². The molecule has 0 radical (unpaired) electrons. The molecule has 0 aromatic carbocycles. The smallest absolute Gasteiger partial charge is 0.122 e. The highest BCUT2D eigenvalue weighted by atomic mass is 16.1. The molecule has 0 heterocycles. The molecule has 0 aromatic rings. The predicted octanol–water partition coefficient (Wildman–Crippen LogP) is 3.35. The molecule has 0 bridgehead atoms. The summed E-state index contributed by atoms with van der Waals surface area (Å²) in [4.78, 5) is 10.3. The molecule has 0 aliphatic rings. The summed E-state index contributed by atoms with van der Waals surface area (Å²) in [5.41, 5.74) is 0. The van der Waals surface area contributed by atoms with E-state index in [1.807, 2.05) is 13.0 Å². The molecule has 0 unspecified atom stereocenters. The van der Waals surface area contributed by atoms with E-state index >= 15 is 0 Å². The monoisotopic (exact) mass is 168 g/mol. The zero-order valence-corrected chi connectivity index (χ0v) is 8.09. The third-order valence-corrected chi connectivity index (χ3v) is 2.05. The maximum Gasteiger partial charge on any atom is 0.122 e. The van der Waals surface area contributed by atoms with Gasteiger partial charge in [-0.3, -0.25) is 0 Å². The van der Waals surface area contributed by atoms with Crippen LogP contribution in [-0.2, 0) is 4.79 Å². The number of carbonyl (C=O) groups is 1. The second-order valence-corrected chi connectivity index (χ2v) is 3.39. The molecule has 0 saturated carbocycles. The van der Waals surface area contributed by atoms with Crippen LogP contribution in [0.5, 0.6) is 0 Å². The average Bonchev–Trinajstić information content (AvgIpc) is 2.10. The van der Waals surface area contributed by atoms with Gasteiger partial charge in [0.2, 0.25) is 0 Å². The van der Waals surface area contributed by atoms with E-state index in [0.29, 0.717) is 0 Å². The number of unbranched alkanes of at least 4 members (excludes halogenated alkanes) is 4. The van der Waals surface area contributed by atoms with Crippen molar-refractivity contribution < 1.29 is 4.79 Å². The number of allylic oxidation sites excluding steroid dienone is 1. The van der Waals surface area contributed by atoms with Crippen molar-refractivity contribution in [1.82, 2.24) is 0 Å². The van der Waals surface area contributed by atoms with Gasteiger partial charge in [-0.25, -0.2) is 0 Å². The van der Waals surface area contributed by atoms with Crippen LogP contribution in [0.1, 0.15) is 45.4 Å². The first kappa shape index (κ1) is 11.4. The quantitative estimate of drug-likeness (QED) is 0.308. The normalized spacial score (nSPS) is 12.4. The Bertz CT molecular complexity index is 118. The summed E-state index contributed by atoms with van der Waals surface area (Å²) in [6.45, 7) is 5.66. The lowest BCUT2D eigenvalue weighted by Gasteiger charge is -2.02. The van der Waals surface area contributed by atoms with Gasteiger partial charge in [0.15, 0.2) is 0 Å². The van der Waals surface area contributed by atoms with Gasteiger partial charge in [-0.15, -0.1) is 6.58 Å². The van der Waals surface area contributed by atoms with Crippen LogP contribution >= 0.6 is 0 Å². The lowest BCUT2D eigenvalue weighted by atomic mass is 10.0. The van der Waals surface area contributed by atoms with Crippen LogP contribution in [-0.4, -0.2) is 6.29 Å². The summed E-state index contributed by atoms with van der Waals surface area (Å²) in [5, 5.41) is 0. The van der Waals surface area contributed by atoms with E-state index in [0.717, 1.165) is 19.1 Å². The zero-order chi connectivity index (χ0) is 9.23. The summed E-state index contributed by atoms with van der Waals surface area (Å²) >= 11 is 0. The van der Waals surface area contributed by atoms with E-state index < -0.39 is 0 Å². The van der Waals surface area contributed by atoms with E-state index in [-0.39, 0.29) is 5.92 Å². The van der Waals surface area contributed by atoms with E-state index in [4.69, 9.17) is 0 Å². The predicted molar refractivity (Wildman–Crippen MR) is 53.1 cm³/mol. The molecule has 70 valence electrons. The first-order valence-corrected chi connectivity index (χ1v) is 4.87. The number of hydrogen-bond donors (Lipinski definition) is 0. The second-order valence-electron chi connectivity index (χ2n) is 3.39. The summed E-state index contributed by atoms with van der Waals surface area (Å²) in [5.74, 6) is 0.254. The highest BCUT2D eigenvalue weighted by molar-refractivity contribution is 5.52. The van der Waals surface area contributed by atoms with Crippen molar-refractivity contribution in [1.29, 1.82) is 0 Å². The summed E-state index contributed by atoms with van der Waals surface area (Å²) < 4.78 is 0. The van der Waals surface area contributed by atoms with Gasteiger partial charge in [-0.2, -0.15) is 0 Å². The molecule has 0 N–H and O–H groups in total. The van der Waals surface area contributed by atoms with Crippen LogP contribution in [0.25, 0.3) is 0 Å².